The van der Waals surface area contributed by atoms with Gasteiger partial charge in [0.05, 0.1) is 57.0 Å². The molecule has 0 aromatic heterocycles. The second-order valence-electron chi connectivity index (χ2n) is 14.8. The smallest absolute Gasteiger partial charge is 0.397 e. The van der Waals surface area contributed by atoms with Crippen LogP contribution < -0.4 is 0 Å². The molecule has 0 bridgehead atoms. The monoisotopic (exact) mass is 1110 g/mol. The van der Waals surface area contributed by atoms with Gasteiger partial charge in [0.2, 0.25) is 0 Å². The van der Waals surface area contributed by atoms with E-state index in [-0.39, 0.29) is 80.4 Å². The van der Waals surface area contributed by atoms with Crippen LogP contribution in [0, 0.1) is 0 Å². The first-order chi connectivity index (χ1) is 35.5. The summed E-state index contributed by atoms with van der Waals surface area (Å²) in [7, 11) is -12.7. The van der Waals surface area contributed by atoms with E-state index in [1.54, 1.807) is 0 Å². The summed E-state index contributed by atoms with van der Waals surface area (Å²) >= 11 is 0.221. The van der Waals surface area contributed by atoms with Crippen LogP contribution >= 0.6 is 12.3 Å². The van der Waals surface area contributed by atoms with Crippen LogP contribution in [0.4, 0.5) is 45.5 Å². The van der Waals surface area contributed by atoms with Crippen molar-refractivity contribution in [3.63, 3.8) is 0 Å². The van der Waals surface area contributed by atoms with Crippen LogP contribution in [-0.4, -0.2) is 102 Å². The van der Waals surface area contributed by atoms with Crippen LogP contribution in [0.15, 0.2) is 160 Å². The first-order valence-electron chi connectivity index (χ1n) is 20.6. The Kier molecular flexibility index (Phi) is 18.5. The fraction of sp³-hybridized carbons (Fsp3) is 0.116. The van der Waals surface area contributed by atoms with Crippen molar-refractivity contribution in [3.05, 3.63) is 131 Å². The van der Waals surface area contributed by atoms with Gasteiger partial charge in [0.15, 0.2) is 54.9 Å². The lowest BCUT2D eigenvalue weighted by Crippen LogP contribution is -2.15. The van der Waals surface area contributed by atoms with Crippen LogP contribution in [0.1, 0.15) is 31.8 Å². The van der Waals surface area contributed by atoms with Gasteiger partial charge in [-0.05, 0) is 115 Å². The zero-order valence-corrected chi connectivity index (χ0v) is 40.9. The van der Waals surface area contributed by atoms with Gasteiger partial charge in [-0.1, -0.05) is 17.2 Å². The summed E-state index contributed by atoms with van der Waals surface area (Å²) in [6, 6.07) is 22.4. The van der Waals surface area contributed by atoms with E-state index in [1.807, 2.05) is 0 Å². The Hall–Kier alpha value is -8.18. The highest BCUT2D eigenvalue weighted by Crippen LogP contribution is 2.46. The van der Waals surface area contributed by atoms with Crippen molar-refractivity contribution in [2.24, 2.45) is 40.9 Å². The summed E-state index contributed by atoms with van der Waals surface area (Å²) < 4.78 is 92.9. The molecule has 0 aliphatic heterocycles. The maximum absolute atomic E-state index is 12.6. The van der Waals surface area contributed by atoms with Gasteiger partial charge in [-0.3, -0.25) is 8.74 Å². The molecule has 0 amide bonds. The van der Waals surface area contributed by atoms with Crippen molar-refractivity contribution < 1.29 is 93.0 Å². The SMILES string of the molecule is O=C(O)c1cc(Cc2ccc(/N=N/c3ccc(O)c(/N=N/c4ccc(S(=O)(=O)CCOS(=O)(=O)O)cc4)c3O)c(C(=O)O)c2)ccc1/N=N/c1ccc(O)c(/N=N/c2ccc(S(=O)(=O)CCOSOOO)cc2)c1O. The largest absolute Gasteiger partial charge is 0.505 e. The van der Waals surface area contributed by atoms with E-state index in [4.69, 9.17) is 14.0 Å². The Morgan fingerprint density at radius 2 is 0.907 bits per heavy atom. The summed E-state index contributed by atoms with van der Waals surface area (Å²) in [6.07, 6.45) is 0.00503. The maximum Gasteiger partial charge on any atom is 0.397 e. The number of sulfone groups is 2. The third-order valence-corrected chi connectivity index (χ3v) is 14.0. The molecule has 0 aliphatic rings. The topological polar surface area (TPSA) is 434 Å². The van der Waals surface area contributed by atoms with Crippen LogP contribution in [0.5, 0.6) is 23.0 Å². The summed E-state index contributed by atoms with van der Waals surface area (Å²) in [6.45, 7) is -1.15. The number of benzene rings is 6. The van der Waals surface area contributed by atoms with Gasteiger partial charge < -0.3 is 30.6 Å². The van der Waals surface area contributed by atoms with Gasteiger partial charge in [-0.2, -0.15) is 18.6 Å². The molecule has 0 radical (unpaired) electrons. The standard InChI is InChI=1S/C43H36N8O20S4/c52-36-15-13-34(40(54)38(36)50-44-26-3-7-28(8-4-26)73(61,62)19-17-68-72-71-70-60)48-46-32-11-1-24(22-30(32)42(56)57)21-25-2-12-33(31(23-25)43(58)59)47-49-35-14-16-37(53)39(41(35)55)51-45-27-5-9-29(10-6-27)74(63,64)20-18-69-75(65,66)67/h1-16,22-23,52-55,60H,17-21H2,(H,56,57)(H,58,59)(H,65,66,67)/b48-46+,49-47+,50-44+,51-45+. The number of phenols is 4. The highest BCUT2D eigenvalue weighted by molar-refractivity contribution is 7.92. The number of azo groups is 4. The highest BCUT2D eigenvalue weighted by atomic mass is 32.3. The number of carboxylic acid groups (broad SMARTS) is 2. The number of rotatable bonds is 24. The minimum absolute atomic E-state index is 0.00503. The van der Waals surface area contributed by atoms with Gasteiger partial charge in [-0.15, -0.1) is 35.0 Å². The van der Waals surface area contributed by atoms with Crippen LogP contribution in [0.25, 0.3) is 0 Å². The number of hydrogen-bond donors (Lipinski definition) is 8. The molecule has 28 nitrogen and oxygen atoms in total. The molecule has 6 aromatic carbocycles. The van der Waals surface area contributed by atoms with E-state index in [2.05, 4.69) is 54.5 Å². The molecular weight excluding hydrogens is 1080 g/mol. The molecule has 0 saturated carbocycles. The predicted molar refractivity (Wildman–Crippen MR) is 259 cm³/mol. The maximum atomic E-state index is 12.6. The average Bonchev–Trinajstić information content (AvgIpc) is 3.36. The molecule has 0 fully saturated rings. The predicted octanol–water partition coefficient (Wildman–Crippen LogP) is 9.53. The van der Waals surface area contributed by atoms with Crippen molar-refractivity contribution in [1.29, 1.82) is 0 Å². The second-order valence-corrected chi connectivity index (χ2v) is 20.6. The number of aromatic carboxylic acids is 2. The molecule has 0 spiro atoms. The van der Waals surface area contributed by atoms with Crippen molar-refractivity contribution in [2.45, 2.75) is 16.2 Å². The van der Waals surface area contributed by atoms with Crippen molar-refractivity contribution >= 4 is 99.8 Å². The molecule has 0 unspecified atom stereocenters. The number of aromatic hydroxyl groups is 4. The zero-order chi connectivity index (χ0) is 54.5. The first-order valence-corrected chi connectivity index (χ1v) is 25.9. The number of carboxylic acids is 2. The summed E-state index contributed by atoms with van der Waals surface area (Å²) in [5, 5.41) is 105. The Morgan fingerprint density at radius 3 is 1.31 bits per heavy atom. The lowest BCUT2D eigenvalue weighted by molar-refractivity contribution is -0.434. The molecule has 6 rings (SSSR count). The molecule has 392 valence electrons. The molecule has 0 atom stereocenters. The average molecular weight is 1110 g/mol. The van der Waals surface area contributed by atoms with Crippen molar-refractivity contribution in [2.75, 3.05) is 24.7 Å². The molecule has 6 aromatic rings. The fourth-order valence-electron chi connectivity index (χ4n) is 6.18. The van der Waals surface area contributed by atoms with Gasteiger partial charge >= 0.3 is 22.3 Å². The number of carbonyl (C=O) groups is 2. The van der Waals surface area contributed by atoms with Crippen LogP contribution in [0.2, 0.25) is 0 Å². The molecule has 0 heterocycles. The lowest BCUT2D eigenvalue weighted by Gasteiger charge is -2.08. The van der Waals surface area contributed by atoms with E-state index in [0.29, 0.717) is 11.1 Å². The molecule has 75 heavy (non-hydrogen) atoms. The Labute approximate surface area is 427 Å². The fourth-order valence-corrected chi connectivity index (χ4v) is 9.08. The van der Waals surface area contributed by atoms with Gasteiger partial charge in [0.25, 0.3) is 0 Å². The number of hydrogen-bond acceptors (Lipinski definition) is 26. The van der Waals surface area contributed by atoms with Crippen molar-refractivity contribution in [1.82, 2.24) is 0 Å². The summed E-state index contributed by atoms with van der Waals surface area (Å²) in [5.74, 6) is -6.56. The number of phenolic OH excluding ortho intramolecular Hbond substituents is 4. The lowest BCUT2D eigenvalue weighted by atomic mass is 9.99. The Balaban J connectivity index is 1.13. The van der Waals surface area contributed by atoms with Gasteiger partial charge in [0.1, 0.15) is 34.2 Å². The molecule has 8 N–H and O–H groups in total. The minimum Gasteiger partial charge on any atom is -0.505 e. The Morgan fingerprint density at radius 1 is 0.507 bits per heavy atom. The van der Waals surface area contributed by atoms with E-state index in [1.165, 1.54) is 78.9 Å². The molecule has 0 aliphatic carbocycles. The minimum atomic E-state index is -4.85. The van der Waals surface area contributed by atoms with E-state index < -0.39 is 94.5 Å². The van der Waals surface area contributed by atoms with E-state index >= 15 is 0 Å². The van der Waals surface area contributed by atoms with Gasteiger partial charge in [-0.25, -0.2) is 35.9 Å². The van der Waals surface area contributed by atoms with Crippen molar-refractivity contribution in [3.8, 4) is 23.0 Å². The highest BCUT2D eigenvalue weighted by Gasteiger charge is 2.20. The quantitative estimate of drug-likeness (QED) is 0.00698. The molecule has 0 saturated heterocycles. The van der Waals surface area contributed by atoms with E-state index in [9.17, 15) is 65.5 Å². The third-order valence-electron chi connectivity index (χ3n) is 9.79. The molecule has 32 heteroatoms. The van der Waals surface area contributed by atoms with Crippen LogP contribution in [0.3, 0.4) is 0 Å². The zero-order valence-electron chi connectivity index (χ0n) is 37.6. The number of nitrogens with zero attached hydrogens (tertiary/aromatic N) is 8. The summed E-state index contributed by atoms with van der Waals surface area (Å²) in [5.41, 5.74) is -1.51. The third kappa shape index (κ3) is 15.4. The second kappa shape index (κ2) is 24.7. The summed E-state index contributed by atoms with van der Waals surface area (Å²) in [4.78, 5) is 24.4. The molecular formula is C43H36N8O20S4. The first kappa shape index (κ1) is 56.1. The Bertz CT molecular complexity index is 3580. The van der Waals surface area contributed by atoms with Crippen LogP contribution in [-0.2, 0) is 54.2 Å². The van der Waals surface area contributed by atoms with Gasteiger partial charge in [0, 0.05) is 0 Å². The normalized spacial score (nSPS) is 12.4. The van der Waals surface area contributed by atoms with E-state index in [0.717, 1.165) is 30.3 Å².